The lowest BCUT2D eigenvalue weighted by atomic mass is 10.0. The maximum absolute atomic E-state index is 5.41. The molecule has 0 saturated carbocycles. The summed E-state index contributed by atoms with van der Waals surface area (Å²) in [5, 5.41) is 3.21. The standard InChI is InChI=1S/C11H17N3O2/c1-15-10-6-13-11(14-7-10)12-5-9-3-2-4-16-8-9/h6-7,9H,2-5,8H2,1H3,(H,12,13,14). The Kier molecular flexibility index (Phi) is 3.93. The van der Waals surface area contributed by atoms with Crippen LogP contribution in [0.15, 0.2) is 12.4 Å². The Morgan fingerprint density at radius 2 is 2.31 bits per heavy atom. The average Bonchev–Trinajstić information content (AvgIpc) is 2.38. The molecule has 16 heavy (non-hydrogen) atoms. The predicted molar refractivity (Wildman–Crippen MR) is 60.6 cm³/mol. The first-order valence-corrected chi connectivity index (χ1v) is 5.56. The largest absolute Gasteiger partial charge is 0.494 e. The van der Waals surface area contributed by atoms with Gasteiger partial charge in [0.05, 0.1) is 26.1 Å². The third-order valence-electron chi connectivity index (χ3n) is 2.67. The van der Waals surface area contributed by atoms with Gasteiger partial charge in [-0.25, -0.2) is 9.97 Å². The van der Waals surface area contributed by atoms with Gasteiger partial charge in [-0.1, -0.05) is 0 Å². The molecule has 0 amide bonds. The van der Waals surface area contributed by atoms with Crippen molar-refractivity contribution in [1.82, 2.24) is 9.97 Å². The molecule has 0 bridgehead atoms. The van der Waals surface area contributed by atoms with Crippen molar-refractivity contribution in [3.63, 3.8) is 0 Å². The molecule has 5 heteroatoms. The molecule has 0 aliphatic carbocycles. The van der Waals surface area contributed by atoms with Crippen LogP contribution in [0.5, 0.6) is 5.75 Å². The molecule has 1 aliphatic rings. The number of nitrogens with one attached hydrogen (secondary N) is 1. The number of ether oxygens (including phenoxy) is 2. The third-order valence-corrected chi connectivity index (χ3v) is 2.67. The molecule has 1 fully saturated rings. The van der Waals surface area contributed by atoms with Gasteiger partial charge in [-0.05, 0) is 18.8 Å². The van der Waals surface area contributed by atoms with Gasteiger partial charge in [-0.15, -0.1) is 0 Å². The van der Waals surface area contributed by atoms with Crippen LogP contribution in [0, 0.1) is 5.92 Å². The summed E-state index contributed by atoms with van der Waals surface area (Å²) in [6, 6.07) is 0. The minimum atomic E-state index is 0.569. The van der Waals surface area contributed by atoms with Gasteiger partial charge in [0, 0.05) is 13.2 Å². The molecule has 0 aromatic carbocycles. The highest BCUT2D eigenvalue weighted by Gasteiger charge is 2.13. The second-order valence-corrected chi connectivity index (χ2v) is 3.91. The average molecular weight is 223 g/mol. The van der Waals surface area contributed by atoms with Crippen LogP contribution in [0.3, 0.4) is 0 Å². The van der Waals surface area contributed by atoms with Gasteiger partial charge < -0.3 is 14.8 Å². The molecule has 1 aromatic rings. The Morgan fingerprint density at radius 1 is 1.50 bits per heavy atom. The van der Waals surface area contributed by atoms with Crippen molar-refractivity contribution in [3.8, 4) is 5.75 Å². The van der Waals surface area contributed by atoms with Crippen LogP contribution in [0.1, 0.15) is 12.8 Å². The van der Waals surface area contributed by atoms with Crippen molar-refractivity contribution in [1.29, 1.82) is 0 Å². The van der Waals surface area contributed by atoms with Crippen LogP contribution >= 0.6 is 0 Å². The summed E-state index contributed by atoms with van der Waals surface area (Å²) in [6.07, 6.45) is 5.68. The number of hydrogen-bond donors (Lipinski definition) is 1. The Labute approximate surface area is 95.2 Å². The molecule has 1 aromatic heterocycles. The van der Waals surface area contributed by atoms with Gasteiger partial charge in [0.1, 0.15) is 0 Å². The highest BCUT2D eigenvalue weighted by Crippen LogP contribution is 2.14. The monoisotopic (exact) mass is 223 g/mol. The maximum Gasteiger partial charge on any atom is 0.222 e. The van der Waals surface area contributed by atoms with Crippen molar-refractivity contribution in [2.24, 2.45) is 5.92 Å². The Hall–Kier alpha value is -1.36. The summed E-state index contributed by atoms with van der Waals surface area (Å²) < 4.78 is 10.4. The summed E-state index contributed by atoms with van der Waals surface area (Å²) in [5.41, 5.74) is 0. The normalized spacial score (nSPS) is 20.4. The van der Waals surface area contributed by atoms with Gasteiger partial charge in [0.15, 0.2) is 5.75 Å². The van der Waals surface area contributed by atoms with Crippen molar-refractivity contribution < 1.29 is 9.47 Å². The van der Waals surface area contributed by atoms with E-state index >= 15 is 0 Å². The zero-order chi connectivity index (χ0) is 11.2. The zero-order valence-corrected chi connectivity index (χ0v) is 9.48. The summed E-state index contributed by atoms with van der Waals surface area (Å²) in [7, 11) is 1.60. The first-order valence-electron chi connectivity index (χ1n) is 5.56. The summed E-state index contributed by atoms with van der Waals surface area (Å²) >= 11 is 0. The second kappa shape index (κ2) is 5.65. The smallest absolute Gasteiger partial charge is 0.222 e. The topological polar surface area (TPSA) is 56.3 Å². The highest BCUT2D eigenvalue weighted by atomic mass is 16.5. The van der Waals surface area contributed by atoms with Gasteiger partial charge in [0.25, 0.3) is 0 Å². The van der Waals surface area contributed by atoms with Crippen LogP contribution in [0.2, 0.25) is 0 Å². The van der Waals surface area contributed by atoms with Gasteiger partial charge in [0.2, 0.25) is 5.95 Å². The Morgan fingerprint density at radius 3 is 2.94 bits per heavy atom. The van der Waals surface area contributed by atoms with E-state index in [4.69, 9.17) is 9.47 Å². The fourth-order valence-corrected chi connectivity index (χ4v) is 1.72. The molecule has 88 valence electrons. The van der Waals surface area contributed by atoms with E-state index in [9.17, 15) is 0 Å². The van der Waals surface area contributed by atoms with Crippen molar-refractivity contribution in [2.75, 3.05) is 32.2 Å². The molecule has 2 heterocycles. The van der Waals surface area contributed by atoms with E-state index in [1.807, 2.05) is 0 Å². The number of methoxy groups -OCH3 is 1. The quantitative estimate of drug-likeness (QED) is 0.834. The van der Waals surface area contributed by atoms with Crippen LogP contribution in [-0.4, -0.2) is 36.8 Å². The molecule has 0 radical (unpaired) electrons. The number of rotatable bonds is 4. The van der Waals surface area contributed by atoms with Crippen LogP contribution in [0.4, 0.5) is 5.95 Å². The lowest BCUT2D eigenvalue weighted by Gasteiger charge is -2.22. The number of aromatic nitrogens is 2. The Balaban J connectivity index is 1.79. The van der Waals surface area contributed by atoms with E-state index < -0.39 is 0 Å². The predicted octanol–water partition coefficient (Wildman–Crippen LogP) is 1.32. The number of nitrogens with zero attached hydrogens (tertiary/aromatic N) is 2. The van der Waals surface area contributed by atoms with Crippen molar-refractivity contribution >= 4 is 5.95 Å². The molecule has 1 N–H and O–H groups in total. The molecule has 1 aliphatic heterocycles. The molecule has 2 rings (SSSR count). The molecule has 0 spiro atoms. The summed E-state index contributed by atoms with van der Waals surface area (Å²) in [4.78, 5) is 8.29. The van der Waals surface area contributed by atoms with E-state index in [1.54, 1.807) is 19.5 Å². The Bertz CT molecular complexity index is 310. The summed E-state index contributed by atoms with van der Waals surface area (Å²) in [6.45, 7) is 2.60. The SMILES string of the molecule is COc1cnc(NCC2CCCOC2)nc1. The lowest BCUT2D eigenvalue weighted by Crippen LogP contribution is -2.24. The molecule has 1 atom stereocenters. The van der Waals surface area contributed by atoms with Gasteiger partial charge in [-0.3, -0.25) is 0 Å². The zero-order valence-electron chi connectivity index (χ0n) is 9.48. The fourth-order valence-electron chi connectivity index (χ4n) is 1.72. The third kappa shape index (κ3) is 3.06. The van der Waals surface area contributed by atoms with Crippen LogP contribution in [0.25, 0.3) is 0 Å². The van der Waals surface area contributed by atoms with E-state index in [2.05, 4.69) is 15.3 Å². The van der Waals surface area contributed by atoms with Gasteiger partial charge in [-0.2, -0.15) is 0 Å². The van der Waals surface area contributed by atoms with Gasteiger partial charge >= 0.3 is 0 Å². The van der Waals surface area contributed by atoms with E-state index in [0.717, 1.165) is 26.2 Å². The van der Waals surface area contributed by atoms with E-state index in [0.29, 0.717) is 17.6 Å². The van der Waals surface area contributed by atoms with E-state index in [1.165, 1.54) is 6.42 Å². The van der Waals surface area contributed by atoms with Crippen LogP contribution in [-0.2, 0) is 4.74 Å². The number of anilines is 1. The summed E-state index contributed by atoms with van der Waals surface area (Å²) in [5.74, 6) is 1.89. The maximum atomic E-state index is 5.41. The fraction of sp³-hybridized carbons (Fsp3) is 0.636. The van der Waals surface area contributed by atoms with Crippen molar-refractivity contribution in [3.05, 3.63) is 12.4 Å². The van der Waals surface area contributed by atoms with E-state index in [-0.39, 0.29) is 0 Å². The molecule has 1 saturated heterocycles. The minimum Gasteiger partial charge on any atom is -0.494 e. The highest BCUT2D eigenvalue weighted by molar-refractivity contribution is 5.26. The molecular formula is C11H17N3O2. The molecule has 5 nitrogen and oxygen atoms in total. The lowest BCUT2D eigenvalue weighted by molar-refractivity contribution is 0.0594. The second-order valence-electron chi connectivity index (χ2n) is 3.91. The molecule has 1 unspecified atom stereocenters. The number of hydrogen-bond acceptors (Lipinski definition) is 5. The molecular weight excluding hydrogens is 206 g/mol. The first kappa shape index (κ1) is 11.1. The van der Waals surface area contributed by atoms with Crippen molar-refractivity contribution in [2.45, 2.75) is 12.8 Å². The van der Waals surface area contributed by atoms with Crippen LogP contribution < -0.4 is 10.1 Å². The first-order chi connectivity index (χ1) is 7.88. The minimum absolute atomic E-state index is 0.569.